The molecule has 0 amide bonds. The first-order valence-corrected chi connectivity index (χ1v) is 11.3. The van der Waals surface area contributed by atoms with Crippen LogP contribution in [0.25, 0.3) is 56.4 Å². The van der Waals surface area contributed by atoms with Crippen LogP contribution in [0.1, 0.15) is 0 Å². The lowest BCUT2D eigenvalue weighted by molar-refractivity contribution is 1.31. The minimum Gasteiger partial charge on any atom is -0.338 e. The van der Waals surface area contributed by atoms with Gasteiger partial charge in [-0.1, -0.05) is 109 Å². The summed E-state index contributed by atoms with van der Waals surface area (Å²) in [7, 11) is 0. The van der Waals surface area contributed by atoms with Gasteiger partial charge in [-0.05, 0) is 22.3 Å². The Morgan fingerprint density at radius 3 is 1.09 bits per heavy atom. The molecule has 6 rings (SSSR count). The smallest absolute Gasteiger partial charge is 0.137 e. The second kappa shape index (κ2) is 8.68. The molecule has 0 fully saturated rings. The molecule has 0 saturated carbocycles. The molecule has 0 unspecified atom stereocenters. The number of rotatable bonds is 5. The van der Waals surface area contributed by atoms with Gasteiger partial charge in [0.05, 0.1) is 23.8 Å². The van der Waals surface area contributed by atoms with Gasteiger partial charge in [0.25, 0.3) is 0 Å². The molecule has 0 bridgehead atoms. The Bertz CT molecular complexity index is 1390. The molecule has 162 valence electrons. The van der Waals surface area contributed by atoms with Crippen LogP contribution < -0.4 is 0 Å². The summed E-state index contributed by atoms with van der Waals surface area (Å²) >= 11 is 0. The Kier molecular flexibility index (Phi) is 5.09. The van der Waals surface area contributed by atoms with Gasteiger partial charge in [-0.2, -0.15) is 0 Å². The molecule has 0 spiro atoms. The SMILES string of the molecule is c1ccc(-c2ncc(-c3ccc(-c4ccc(-c5cnc(-c6ccccc6)[nH]5)cc4)cc3)[nH]2)cc1. The maximum atomic E-state index is 4.54. The van der Waals surface area contributed by atoms with Crippen LogP contribution in [-0.4, -0.2) is 19.9 Å². The quantitative estimate of drug-likeness (QED) is 0.293. The minimum atomic E-state index is 0.879. The van der Waals surface area contributed by atoms with E-state index < -0.39 is 0 Å². The van der Waals surface area contributed by atoms with E-state index in [1.165, 1.54) is 11.1 Å². The summed E-state index contributed by atoms with van der Waals surface area (Å²) in [5.41, 5.74) is 8.75. The van der Waals surface area contributed by atoms with Crippen LogP contribution in [0.3, 0.4) is 0 Å². The summed E-state index contributed by atoms with van der Waals surface area (Å²) in [5.74, 6) is 1.76. The fourth-order valence-corrected chi connectivity index (χ4v) is 4.11. The largest absolute Gasteiger partial charge is 0.338 e. The molecule has 4 nitrogen and oxygen atoms in total. The third kappa shape index (κ3) is 3.93. The molecule has 0 aliphatic heterocycles. The molecule has 0 aliphatic carbocycles. The number of nitrogens with one attached hydrogen (secondary N) is 2. The van der Waals surface area contributed by atoms with Crippen LogP contribution in [0.5, 0.6) is 0 Å². The van der Waals surface area contributed by atoms with Crippen molar-refractivity contribution < 1.29 is 0 Å². The fraction of sp³-hybridized carbons (Fsp3) is 0. The monoisotopic (exact) mass is 438 g/mol. The zero-order valence-corrected chi connectivity index (χ0v) is 18.4. The van der Waals surface area contributed by atoms with Gasteiger partial charge in [-0.25, -0.2) is 9.97 Å². The molecule has 2 heterocycles. The van der Waals surface area contributed by atoms with Gasteiger partial charge in [-0.3, -0.25) is 0 Å². The molecular weight excluding hydrogens is 416 g/mol. The second-order valence-electron chi connectivity index (χ2n) is 8.18. The topological polar surface area (TPSA) is 57.4 Å². The summed E-state index contributed by atoms with van der Waals surface area (Å²) in [6.07, 6.45) is 3.78. The van der Waals surface area contributed by atoms with Crippen molar-refractivity contribution in [3.8, 4) is 56.4 Å². The highest BCUT2D eigenvalue weighted by atomic mass is 14.9. The number of benzene rings is 4. The van der Waals surface area contributed by atoms with Gasteiger partial charge in [0, 0.05) is 11.1 Å². The third-order valence-corrected chi connectivity index (χ3v) is 5.97. The number of hydrogen-bond donors (Lipinski definition) is 2. The fourth-order valence-electron chi connectivity index (χ4n) is 4.11. The predicted octanol–water partition coefficient (Wildman–Crippen LogP) is 7.47. The van der Waals surface area contributed by atoms with E-state index in [1.807, 2.05) is 48.8 Å². The molecule has 0 saturated heterocycles. The zero-order chi connectivity index (χ0) is 22.7. The van der Waals surface area contributed by atoms with Crippen molar-refractivity contribution in [2.24, 2.45) is 0 Å². The van der Waals surface area contributed by atoms with Crippen LogP contribution in [-0.2, 0) is 0 Å². The van der Waals surface area contributed by atoms with Crippen LogP contribution in [0.4, 0.5) is 0 Å². The van der Waals surface area contributed by atoms with Crippen molar-refractivity contribution >= 4 is 0 Å². The summed E-state index contributed by atoms with van der Waals surface area (Å²) in [6.45, 7) is 0. The molecule has 6 aromatic rings. The van der Waals surface area contributed by atoms with Gasteiger partial charge in [0.1, 0.15) is 11.6 Å². The first-order chi connectivity index (χ1) is 16.8. The Labute approximate surface area is 198 Å². The molecule has 2 N–H and O–H groups in total. The molecule has 0 aliphatic rings. The number of nitrogens with zero attached hydrogens (tertiary/aromatic N) is 2. The van der Waals surface area contributed by atoms with Crippen LogP contribution in [0.15, 0.2) is 122 Å². The summed E-state index contributed by atoms with van der Waals surface area (Å²) in [4.78, 5) is 15.9. The van der Waals surface area contributed by atoms with E-state index in [1.54, 1.807) is 0 Å². The maximum absolute atomic E-state index is 4.54. The van der Waals surface area contributed by atoms with Gasteiger partial charge < -0.3 is 9.97 Å². The first-order valence-electron chi connectivity index (χ1n) is 11.3. The Balaban J connectivity index is 1.20. The second-order valence-corrected chi connectivity index (χ2v) is 8.18. The number of hydrogen-bond acceptors (Lipinski definition) is 2. The average molecular weight is 439 g/mol. The Hall–Kier alpha value is -4.70. The van der Waals surface area contributed by atoms with Gasteiger partial charge >= 0.3 is 0 Å². The number of aromatic nitrogens is 4. The van der Waals surface area contributed by atoms with E-state index in [9.17, 15) is 0 Å². The van der Waals surface area contributed by atoms with Crippen molar-refractivity contribution in [3.05, 3.63) is 122 Å². The highest BCUT2D eigenvalue weighted by molar-refractivity contribution is 5.73. The summed E-state index contributed by atoms with van der Waals surface area (Å²) in [5, 5.41) is 0. The van der Waals surface area contributed by atoms with Crippen molar-refractivity contribution in [2.45, 2.75) is 0 Å². The van der Waals surface area contributed by atoms with E-state index in [0.29, 0.717) is 0 Å². The maximum Gasteiger partial charge on any atom is 0.137 e. The van der Waals surface area contributed by atoms with Crippen molar-refractivity contribution in [1.29, 1.82) is 0 Å². The highest BCUT2D eigenvalue weighted by Crippen LogP contribution is 2.28. The molecular formula is C30H22N4. The molecule has 34 heavy (non-hydrogen) atoms. The van der Waals surface area contributed by atoms with Crippen molar-refractivity contribution in [2.75, 3.05) is 0 Å². The van der Waals surface area contributed by atoms with Crippen LogP contribution >= 0.6 is 0 Å². The van der Waals surface area contributed by atoms with E-state index in [4.69, 9.17) is 0 Å². The molecule has 2 aromatic heterocycles. The zero-order valence-electron chi connectivity index (χ0n) is 18.4. The minimum absolute atomic E-state index is 0.879. The highest BCUT2D eigenvalue weighted by Gasteiger charge is 2.08. The van der Waals surface area contributed by atoms with Crippen molar-refractivity contribution in [3.63, 3.8) is 0 Å². The van der Waals surface area contributed by atoms with E-state index in [0.717, 1.165) is 45.3 Å². The standard InChI is InChI=1S/C30H22N4/c1-3-7-25(8-4-1)29-31-19-27(33-29)23-15-11-21(12-16-23)22-13-17-24(18-14-22)28-20-32-30(34-28)26-9-5-2-6-10-26/h1-20H,(H,31,33)(H,32,34). The molecule has 4 aromatic carbocycles. The molecule has 0 atom stereocenters. The summed E-state index contributed by atoms with van der Waals surface area (Å²) in [6, 6.07) is 37.5. The normalized spacial score (nSPS) is 10.9. The summed E-state index contributed by atoms with van der Waals surface area (Å²) < 4.78 is 0. The van der Waals surface area contributed by atoms with Crippen molar-refractivity contribution in [1.82, 2.24) is 19.9 Å². The van der Waals surface area contributed by atoms with Gasteiger partial charge in [0.2, 0.25) is 0 Å². The van der Waals surface area contributed by atoms with E-state index >= 15 is 0 Å². The Morgan fingerprint density at radius 1 is 0.353 bits per heavy atom. The van der Waals surface area contributed by atoms with Gasteiger partial charge in [0.15, 0.2) is 0 Å². The van der Waals surface area contributed by atoms with E-state index in [-0.39, 0.29) is 0 Å². The van der Waals surface area contributed by atoms with Gasteiger partial charge in [-0.15, -0.1) is 0 Å². The molecule has 0 radical (unpaired) electrons. The Morgan fingerprint density at radius 2 is 0.706 bits per heavy atom. The molecule has 4 heteroatoms. The average Bonchev–Trinajstić information content (AvgIpc) is 3.61. The van der Waals surface area contributed by atoms with Crippen LogP contribution in [0.2, 0.25) is 0 Å². The van der Waals surface area contributed by atoms with Crippen LogP contribution in [0, 0.1) is 0 Å². The number of aromatic amines is 2. The number of H-pyrrole nitrogens is 2. The lowest BCUT2D eigenvalue weighted by Gasteiger charge is -2.05. The third-order valence-electron chi connectivity index (χ3n) is 5.97. The lowest BCUT2D eigenvalue weighted by Crippen LogP contribution is -1.83. The number of imidazole rings is 2. The van der Waals surface area contributed by atoms with E-state index in [2.05, 4.69) is 92.7 Å². The lowest BCUT2D eigenvalue weighted by atomic mass is 10.0. The predicted molar refractivity (Wildman–Crippen MR) is 138 cm³/mol. The first kappa shape index (κ1) is 19.9.